The first kappa shape index (κ1) is 21.7. The van der Waals surface area contributed by atoms with Gasteiger partial charge in [0.05, 0.1) is 19.3 Å². The van der Waals surface area contributed by atoms with E-state index in [1.807, 2.05) is 6.07 Å². The van der Waals surface area contributed by atoms with E-state index in [1.165, 1.54) is 12.8 Å². The molecule has 28 heavy (non-hydrogen) atoms. The van der Waals surface area contributed by atoms with Gasteiger partial charge in [-0.25, -0.2) is 4.99 Å². The number of fused-ring (bicyclic) bond motifs is 1. The highest BCUT2D eigenvalue weighted by molar-refractivity contribution is 14.0. The minimum absolute atomic E-state index is 0. The van der Waals surface area contributed by atoms with Crippen molar-refractivity contribution in [3.8, 4) is 5.75 Å². The summed E-state index contributed by atoms with van der Waals surface area (Å²) in [7, 11) is 0. The minimum Gasteiger partial charge on any atom is -0.493 e. The highest BCUT2D eigenvalue weighted by atomic mass is 127. The van der Waals surface area contributed by atoms with Gasteiger partial charge in [-0.3, -0.25) is 0 Å². The zero-order chi connectivity index (χ0) is 18.9. The Hall–Kier alpha value is -1.02. The molecule has 3 atom stereocenters. The molecule has 2 saturated carbocycles. The lowest BCUT2D eigenvalue weighted by atomic mass is 9.57. The summed E-state index contributed by atoms with van der Waals surface area (Å²) in [4.78, 5) is 4.86. The number of ether oxygens (including phenoxy) is 2. The number of guanidine groups is 1. The summed E-state index contributed by atoms with van der Waals surface area (Å²) in [5.41, 5.74) is 1.29. The van der Waals surface area contributed by atoms with E-state index in [0.29, 0.717) is 24.6 Å². The van der Waals surface area contributed by atoms with Gasteiger partial charge in [0.15, 0.2) is 5.96 Å². The van der Waals surface area contributed by atoms with Crippen molar-refractivity contribution >= 4 is 29.9 Å². The molecule has 1 heterocycles. The van der Waals surface area contributed by atoms with Crippen LogP contribution in [0.3, 0.4) is 0 Å². The van der Waals surface area contributed by atoms with Crippen LogP contribution in [0.25, 0.3) is 0 Å². The summed E-state index contributed by atoms with van der Waals surface area (Å²) in [6.45, 7) is 9.88. The summed E-state index contributed by atoms with van der Waals surface area (Å²) < 4.78 is 11.9. The Morgan fingerprint density at radius 2 is 2.04 bits per heavy atom. The number of aliphatic imine (C=N–C) groups is 1. The Morgan fingerprint density at radius 1 is 1.25 bits per heavy atom. The number of hydrogen-bond acceptors (Lipinski definition) is 3. The summed E-state index contributed by atoms with van der Waals surface area (Å²) in [6, 6.07) is 8.68. The number of halogens is 1. The smallest absolute Gasteiger partial charge is 0.191 e. The van der Waals surface area contributed by atoms with Crippen molar-refractivity contribution in [1.82, 2.24) is 10.6 Å². The molecule has 0 bridgehead atoms. The number of benzene rings is 1. The monoisotopic (exact) mass is 499 g/mol. The predicted molar refractivity (Wildman–Crippen MR) is 123 cm³/mol. The van der Waals surface area contributed by atoms with E-state index in [-0.39, 0.29) is 29.4 Å². The van der Waals surface area contributed by atoms with Crippen LogP contribution in [0, 0.1) is 17.3 Å². The Balaban J connectivity index is 0.00000225. The molecule has 6 heteroatoms. The molecule has 2 N–H and O–H groups in total. The van der Waals surface area contributed by atoms with Gasteiger partial charge in [-0.15, -0.1) is 24.0 Å². The van der Waals surface area contributed by atoms with Crippen molar-refractivity contribution in [3.05, 3.63) is 29.8 Å². The maximum absolute atomic E-state index is 6.03. The molecule has 1 aromatic rings. The zero-order valence-corrected chi connectivity index (χ0v) is 19.6. The molecule has 1 saturated heterocycles. The summed E-state index contributed by atoms with van der Waals surface area (Å²) >= 11 is 0. The van der Waals surface area contributed by atoms with Gasteiger partial charge in [0.25, 0.3) is 0 Å². The molecule has 4 rings (SSSR count). The average Bonchev–Trinajstić information content (AvgIpc) is 3.38. The van der Waals surface area contributed by atoms with E-state index in [1.54, 1.807) is 0 Å². The van der Waals surface area contributed by atoms with Gasteiger partial charge < -0.3 is 20.1 Å². The maximum atomic E-state index is 6.03. The Labute approximate surface area is 186 Å². The SMILES string of the molecule is CCNC(=NCc1ccccc1OCC1CC1)NC1C2CCOC2C1(C)C.I. The third-order valence-corrected chi connectivity index (χ3v) is 6.29. The molecule has 3 aliphatic rings. The summed E-state index contributed by atoms with van der Waals surface area (Å²) in [5, 5.41) is 7.09. The van der Waals surface area contributed by atoms with E-state index in [4.69, 9.17) is 14.5 Å². The molecular formula is C22H34IN3O2. The largest absolute Gasteiger partial charge is 0.493 e. The van der Waals surface area contributed by atoms with Crippen molar-refractivity contribution < 1.29 is 9.47 Å². The topological polar surface area (TPSA) is 54.9 Å². The Bertz CT molecular complexity index is 690. The third kappa shape index (κ3) is 4.58. The predicted octanol–water partition coefficient (Wildman–Crippen LogP) is 3.96. The lowest BCUT2D eigenvalue weighted by Gasteiger charge is -2.54. The lowest BCUT2D eigenvalue weighted by Crippen LogP contribution is -2.67. The third-order valence-electron chi connectivity index (χ3n) is 6.29. The van der Waals surface area contributed by atoms with E-state index in [0.717, 1.165) is 49.4 Å². The lowest BCUT2D eigenvalue weighted by molar-refractivity contribution is -0.106. The first-order chi connectivity index (χ1) is 13.1. The highest BCUT2D eigenvalue weighted by Gasteiger charge is 2.59. The van der Waals surface area contributed by atoms with Crippen molar-refractivity contribution in [2.45, 2.75) is 58.7 Å². The average molecular weight is 499 g/mol. The van der Waals surface area contributed by atoms with Gasteiger partial charge in [0.1, 0.15) is 5.75 Å². The molecule has 0 amide bonds. The van der Waals surface area contributed by atoms with Crippen LogP contribution >= 0.6 is 24.0 Å². The molecule has 0 radical (unpaired) electrons. The second kappa shape index (κ2) is 9.20. The molecule has 5 nitrogen and oxygen atoms in total. The van der Waals surface area contributed by atoms with E-state index < -0.39 is 0 Å². The molecule has 1 aromatic carbocycles. The first-order valence-electron chi connectivity index (χ1n) is 10.5. The van der Waals surface area contributed by atoms with Crippen LogP contribution in [0.1, 0.15) is 45.6 Å². The quantitative estimate of drug-likeness (QED) is 0.339. The molecule has 0 spiro atoms. The maximum Gasteiger partial charge on any atom is 0.191 e. The van der Waals surface area contributed by atoms with Crippen LogP contribution in [-0.2, 0) is 11.3 Å². The van der Waals surface area contributed by atoms with E-state index in [2.05, 4.69) is 49.6 Å². The molecule has 1 aliphatic heterocycles. The fraction of sp³-hybridized carbons (Fsp3) is 0.682. The zero-order valence-electron chi connectivity index (χ0n) is 17.2. The number of nitrogens with one attached hydrogen (secondary N) is 2. The van der Waals surface area contributed by atoms with Gasteiger partial charge in [-0.2, -0.15) is 0 Å². The van der Waals surface area contributed by atoms with Crippen LogP contribution < -0.4 is 15.4 Å². The van der Waals surface area contributed by atoms with Gasteiger partial charge in [0, 0.05) is 36.1 Å². The number of hydrogen-bond donors (Lipinski definition) is 2. The van der Waals surface area contributed by atoms with E-state index in [9.17, 15) is 0 Å². The van der Waals surface area contributed by atoms with Crippen LogP contribution in [0.4, 0.5) is 0 Å². The van der Waals surface area contributed by atoms with Crippen LogP contribution in [0.2, 0.25) is 0 Å². The van der Waals surface area contributed by atoms with Crippen molar-refractivity contribution in [1.29, 1.82) is 0 Å². The molecule has 0 aromatic heterocycles. The van der Waals surface area contributed by atoms with E-state index >= 15 is 0 Å². The highest BCUT2D eigenvalue weighted by Crippen LogP contribution is 2.52. The normalized spacial score (nSPS) is 28.0. The van der Waals surface area contributed by atoms with Gasteiger partial charge in [-0.05, 0) is 38.2 Å². The molecule has 2 aliphatic carbocycles. The van der Waals surface area contributed by atoms with Crippen molar-refractivity contribution in [2.24, 2.45) is 22.2 Å². The fourth-order valence-corrected chi connectivity index (χ4v) is 4.52. The van der Waals surface area contributed by atoms with Crippen molar-refractivity contribution in [2.75, 3.05) is 19.8 Å². The summed E-state index contributed by atoms with van der Waals surface area (Å²) in [6.07, 6.45) is 4.13. The molecular weight excluding hydrogens is 465 g/mol. The first-order valence-corrected chi connectivity index (χ1v) is 10.5. The molecule has 3 unspecified atom stereocenters. The number of para-hydroxylation sites is 1. The van der Waals surface area contributed by atoms with Gasteiger partial charge in [-0.1, -0.05) is 32.0 Å². The van der Waals surface area contributed by atoms with Gasteiger partial charge in [0.2, 0.25) is 0 Å². The number of rotatable bonds is 7. The molecule has 156 valence electrons. The Morgan fingerprint density at radius 3 is 2.79 bits per heavy atom. The van der Waals surface area contributed by atoms with Crippen LogP contribution in [0.5, 0.6) is 5.75 Å². The standard InChI is InChI=1S/C22H33N3O2.HI/c1-4-23-21(25-19-17-11-12-26-20(17)22(19,2)3)24-13-16-7-5-6-8-18(16)27-14-15-9-10-15;/h5-8,15,17,19-20H,4,9-14H2,1-3H3,(H2,23,24,25);1H. The Kier molecular flexibility index (Phi) is 7.12. The fourth-order valence-electron chi connectivity index (χ4n) is 4.52. The number of nitrogens with zero attached hydrogens (tertiary/aromatic N) is 1. The van der Waals surface area contributed by atoms with Crippen LogP contribution in [0.15, 0.2) is 29.3 Å². The van der Waals surface area contributed by atoms with Crippen LogP contribution in [-0.4, -0.2) is 37.9 Å². The minimum atomic E-state index is 0. The second-order valence-corrected chi connectivity index (χ2v) is 8.74. The summed E-state index contributed by atoms with van der Waals surface area (Å²) in [5.74, 6) is 3.20. The molecule has 3 fully saturated rings. The van der Waals surface area contributed by atoms with Crippen molar-refractivity contribution in [3.63, 3.8) is 0 Å². The van der Waals surface area contributed by atoms with Gasteiger partial charge >= 0.3 is 0 Å². The second-order valence-electron chi connectivity index (χ2n) is 8.74.